The highest BCUT2D eigenvalue weighted by molar-refractivity contribution is 5.70. The number of carbonyl (C=O) groups is 1. The summed E-state index contributed by atoms with van der Waals surface area (Å²) in [7, 11) is 0. The molecule has 0 aromatic rings. The van der Waals surface area contributed by atoms with Crippen LogP contribution in [0.15, 0.2) is 0 Å². The molecule has 0 saturated heterocycles. The highest BCUT2D eigenvalue weighted by atomic mass is 16.6. The van der Waals surface area contributed by atoms with Crippen LogP contribution in [0.5, 0.6) is 0 Å². The normalized spacial score (nSPS) is 11.3. The Balaban J connectivity index is 3.37. The molecule has 0 saturated carbocycles. The summed E-state index contributed by atoms with van der Waals surface area (Å²) in [6, 6.07) is 0. The molecule has 4 nitrogen and oxygen atoms in total. The van der Waals surface area contributed by atoms with E-state index in [4.69, 9.17) is 10.5 Å². The lowest BCUT2D eigenvalue weighted by Gasteiger charge is -2.17. The van der Waals surface area contributed by atoms with E-state index in [0.717, 1.165) is 0 Å². The fraction of sp³-hybridized carbons (Fsp3) is 0.875. The molecule has 0 fully saturated rings. The number of carbonyl (C=O) groups excluding carboxylic acids is 1. The number of rotatable bonds is 5. The second kappa shape index (κ2) is 5.11. The van der Waals surface area contributed by atoms with Crippen LogP contribution in [0, 0.1) is 0 Å². The van der Waals surface area contributed by atoms with Crippen molar-refractivity contribution in [1.29, 1.82) is 0 Å². The molecule has 0 atom stereocenters. The van der Waals surface area contributed by atoms with E-state index in [-0.39, 0.29) is 12.6 Å². The van der Waals surface area contributed by atoms with Gasteiger partial charge in [0.05, 0.1) is 13.2 Å². The van der Waals surface area contributed by atoms with Crippen molar-refractivity contribution in [3.63, 3.8) is 0 Å². The van der Waals surface area contributed by atoms with Crippen LogP contribution in [0.3, 0.4) is 0 Å². The van der Waals surface area contributed by atoms with Crippen molar-refractivity contribution in [3.05, 3.63) is 0 Å². The number of hydrogen-bond donors (Lipinski definition) is 1. The smallest absolute Gasteiger partial charge is 0.332 e. The Morgan fingerprint density at radius 1 is 1.50 bits per heavy atom. The van der Waals surface area contributed by atoms with Gasteiger partial charge in [-0.15, -0.1) is 0 Å². The Bertz CT molecular complexity index is 140. The first-order valence-electron chi connectivity index (χ1n) is 3.98. The predicted molar refractivity (Wildman–Crippen MR) is 45.7 cm³/mol. The summed E-state index contributed by atoms with van der Waals surface area (Å²) in [5.74, 6) is -0.346. The Morgan fingerprint density at radius 3 is 2.50 bits per heavy atom. The fourth-order valence-electron chi connectivity index (χ4n) is 0.600. The van der Waals surface area contributed by atoms with Gasteiger partial charge in [-0.05, 0) is 20.8 Å². The predicted octanol–water partition coefficient (Wildman–Crippen LogP) is 0.303. The maximum absolute atomic E-state index is 10.7. The van der Waals surface area contributed by atoms with E-state index in [2.05, 4.69) is 4.74 Å². The third-order valence-corrected chi connectivity index (χ3v) is 0.999. The molecule has 4 heteroatoms. The average Bonchev–Trinajstić information content (AvgIpc) is 1.84. The molecule has 0 radical (unpaired) electrons. The summed E-state index contributed by atoms with van der Waals surface area (Å²) >= 11 is 0. The van der Waals surface area contributed by atoms with Gasteiger partial charge < -0.3 is 15.2 Å². The van der Waals surface area contributed by atoms with E-state index in [1.165, 1.54) is 0 Å². The summed E-state index contributed by atoms with van der Waals surface area (Å²) in [6.07, 6.45) is 0. The molecular formula is C8H17NO3. The lowest BCUT2D eigenvalue weighted by molar-refractivity contribution is -0.148. The summed E-state index contributed by atoms with van der Waals surface area (Å²) < 4.78 is 9.66. The minimum atomic E-state index is -0.396. The van der Waals surface area contributed by atoms with Crippen LogP contribution in [0.25, 0.3) is 0 Å². The van der Waals surface area contributed by atoms with Crippen LogP contribution < -0.4 is 5.73 Å². The zero-order valence-electron chi connectivity index (χ0n) is 7.92. The number of hydrogen-bond acceptors (Lipinski definition) is 4. The van der Waals surface area contributed by atoms with E-state index in [0.29, 0.717) is 13.2 Å². The van der Waals surface area contributed by atoms with Crippen LogP contribution in [-0.4, -0.2) is 31.3 Å². The van der Waals surface area contributed by atoms with Crippen molar-refractivity contribution in [2.24, 2.45) is 5.73 Å². The first kappa shape index (κ1) is 11.4. The molecule has 0 rings (SSSR count). The average molecular weight is 175 g/mol. The largest absolute Gasteiger partial charge is 0.464 e. The van der Waals surface area contributed by atoms with Crippen LogP contribution in [-0.2, 0) is 14.3 Å². The van der Waals surface area contributed by atoms with Crippen molar-refractivity contribution in [1.82, 2.24) is 0 Å². The van der Waals surface area contributed by atoms with Gasteiger partial charge in [-0.25, -0.2) is 4.79 Å². The number of nitrogens with two attached hydrogens (primary N) is 1. The number of ether oxygens (including phenoxy) is 2. The van der Waals surface area contributed by atoms with Gasteiger partial charge in [0.1, 0.15) is 6.61 Å². The molecule has 2 N–H and O–H groups in total. The zero-order valence-corrected chi connectivity index (χ0v) is 7.92. The molecule has 0 bridgehead atoms. The van der Waals surface area contributed by atoms with Gasteiger partial charge in [0.15, 0.2) is 0 Å². The lowest BCUT2D eigenvalue weighted by Crippen LogP contribution is -2.38. The molecule has 0 unspecified atom stereocenters. The maximum Gasteiger partial charge on any atom is 0.332 e. The molecule has 0 aromatic carbocycles. The van der Waals surface area contributed by atoms with Crippen molar-refractivity contribution in [2.45, 2.75) is 26.3 Å². The van der Waals surface area contributed by atoms with Crippen molar-refractivity contribution in [3.8, 4) is 0 Å². The Labute approximate surface area is 73.0 Å². The van der Waals surface area contributed by atoms with E-state index in [1.807, 2.05) is 13.8 Å². The molecule has 0 aliphatic carbocycles. The Kier molecular flexibility index (Phi) is 4.85. The maximum atomic E-state index is 10.7. The molecule has 0 aromatic heterocycles. The van der Waals surface area contributed by atoms with Crippen LogP contribution >= 0.6 is 0 Å². The summed E-state index contributed by atoms with van der Waals surface area (Å²) in [6.45, 7) is 6.13. The minimum Gasteiger partial charge on any atom is -0.464 e. The summed E-state index contributed by atoms with van der Waals surface area (Å²) in [5, 5.41) is 0. The highest BCUT2D eigenvalue weighted by Gasteiger charge is 2.11. The van der Waals surface area contributed by atoms with Gasteiger partial charge in [-0.1, -0.05) is 0 Å². The summed E-state index contributed by atoms with van der Waals surface area (Å²) in [5.41, 5.74) is 5.22. The standard InChI is InChI=1S/C8H17NO3/c1-4-12-7(10)5-11-6-8(2,3)9/h4-6,9H2,1-3H3. The third-order valence-electron chi connectivity index (χ3n) is 0.999. The quantitative estimate of drug-likeness (QED) is 0.610. The SMILES string of the molecule is CCOC(=O)COCC(C)(C)N. The molecule has 0 aliphatic rings. The second-order valence-electron chi connectivity index (χ2n) is 3.29. The Morgan fingerprint density at radius 2 is 2.08 bits per heavy atom. The Hall–Kier alpha value is -0.610. The van der Waals surface area contributed by atoms with Crippen molar-refractivity contribution >= 4 is 5.97 Å². The lowest BCUT2D eigenvalue weighted by atomic mass is 10.1. The molecule has 0 spiro atoms. The first-order chi connectivity index (χ1) is 5.45. The van der Waals surface area contributed by atoms with E-state index in [1.54, 1.807) is 6.92 Å². The molecule has 72 valence electrons. The van der Waals surface area contributed by atoms with Gasteiger partial charge in [0.2, 0.25) is 0 Å². The van der Waals surface area contributed by atoms with Crippen molar-refractivity contribution < 1.29 is 14.3 Å². The van der Waals surface area contributed by atoms with Crippen LogP contribution in [0.1, 0.15) is 20.8 Å². The highest BCUT2D eigenvalue weighted by Crippen LogP contribution is 1.96. The van der Waals surface area contributed by atoms with Crippen LogP contribution in [0.4, 0.5) is 0 Å². The van der Waals surface area contributed by atoms with Gasteiger partial charge in [-0.2, -0.15) is 0 Å². The fourth-order valence-corrected chi connectivity index (χ4v) is 0.600. The molecule has 12 heavy (non-hydrogen) atoms. The van der Waals surface area contributed by atoms with E-state index >= 15 is 0 Å². The van der Waals surface area contributed by atoms with Gasteiger partial charge >= 0.3 is 5.97 Å². The van der Waals surface area contributed by atoms with Gasteiger partial charge in [-0.3, -0.25) is 0 Å². The van der Waals surface area contributed by atoms with Gasteiger partial charge in [0, 0.05) is 5.54 Å². The van der Waals surface area contributed by atoms with Gasteiger partial charge in [0.25, 0.3) is 0 Å². The zero-order chi connectivity index (χ0) is 9.61. The van der Waals surface area contributed by atoms with Crippen LogP contribution in [0.2, 0.25) is 0 Å². The monoisotopic (exact) mass is 175 g/mol. The first-order valence-corrected chi connectivity index (χ1v) is 3.98. The molecular weight excluding hydrogens is 158 g/mol. The molecule has 0 aliphatic heterocycles. The molecule has 0 amide bonds. The van der Waals surface area contributed by atoms with E-state index < -0.39 is 5.54 Å². The summed E-state index contributed by atoms with van der Waals surface area (Å²) in [4.78, 5) is 10.7. The minimum absolute atomic E-state index is 0.0194. The topological polar surface area (TPSA) is 61.5 Å². The number of esters is 1. The van der Waals surface area contributed by atoms with Crippen molar-refractivity contribution in [2.75, 3.05) is 19.8 Å². The second-order valence-corrected chi connectivity index (χ2v) is 3.29. The molecule has 0 heterocycles. The van der Waals surface area contributed by atoms with E-state index in [9.17, 15) is 4.79 Å². The third kappa shape index (κ3) is 7.50.